The van der Waals surface area contributed by atoms with Gasteiger partial charge in [0, 0.05) is 19.5 Å². The van der Waals surface area contributed by atoms with E-state index in [1.54, 1.807) is 4.68 Å². The lowest BCUT2D eigenvalue weighted by Gasteiger charge is -2.25. The summed E-state index contributed by atoms with van der Waals surface area (Å²) in [5.41, 5.74) is 1.11. The molecule has 0 saturated carbocycles. The smallest absolute Gasteiger partial charge is 0.233 e. The molecule has 1 amide bonds. The number of benzene rings is 1. The Morgan fingerprint density at radius 3 is 2.96 bits per heavy atom. The average molecular weight is 389 g/mol. The third kappa shape index (κ3) is 3.87. The zero-order chi connectivity index (χ0) is 18.6. The highest BCUT2D eigenvalue weighted by Gasteiger charge is 2.31. The SMILES string of the molecule is CCn1nnnc1SCC(=O)N1CCCC1c1ccc2c(c1)OCCCO2. The third-order valence-corrected chi connectivity index (χ3v) is 5.79. The number of carbonyl (C=O) groups excluding carboxylic acids is 1. The van der Waals surface area contributed by atoms with E-state index in [4.69, 9.17) is 9.47 Å². The average Bonchev–Trinajstić information content (AvgIpc) is 3.30. The van der Waals surface area contributed by atoms with Gasteiger partial charge in [0.25, 0.3) is 0 Å². The summed E-state index contributed by atoms with van der Waals surface area (Å²) in [7, 11) is 0. The fourth-order valence-electron chi connectivity index (χ4n) is 3.51. The van der Waals surface area contributed by atoms with Crippen molar-refractivity contribution >= 4 is 17.7 Å². The summed E-state index contributed by atoms with van der Waals surface area (Å²) in [6, 6.07) is 6.12. The molecule has 0 bridgehead atoms. The van der Waals surface area contributed by atoms with E-state index in [1.165, 1.54) is 11.8 Å². The topological polar surface area (TPSA) is 82.4 Å². The predicted molar refractivity (Wildman–Crippen MR) is 100.0 cm³/mol. The number of nitrogens with zero attached hydrogens (tertiary/aromatic N) is 5. The van der Waals surface area contributed by atoms with Crippen molar-refractivity contribution in [1.82, 2.24) is 25.1 Å². The zero-order valence-electron chi connectivity index (χ0n) is 15.3. The summed E-state index contributed by atoms with van der Waals surface area (Å²) in [5, 5.41) is 12.2. The van der Waals surface area contributed by atoms with Gasteiger partial charge in [0.15, 0.2) is 11.5 Å². The Labute approximate surface area is 162 Å². The summed E-state index contributed by atoms with van der Waals surface area (Å²) in [6.45, 7) is 4.77. The lowest BCUT2D eigenvalue weighted by molar-refractivity contribution is -0.129. The Hall–Kier alpha value is -2.29. The Morgan fingerprint density at radius 2 is 2.11 bits per heavy atom. The van der Waals surface area contributed by atoms with Crippen LogP contribution >= 0.6 is 11.8 Å². The van der Waals surface area contributed by atoms with E-state index in [9.17, 15) is 4.79 Å². The minimum atomic E-state index is 0.0809. The molecule has 27 heavy (non-hydrogen) atoms. The number of rotatable bonds is 5. The van der Waals surface area contributed by atoms with E-state index >= 15 is 0 Å². The molecular weight excluding hydrogens is 366 g/mol. The van der Waals surface area contributed by atoms with Crippen molar-refractivity contribution in [1.29, 1.82) is 0 Å². The van der Waals surface area contributed by atoms with E-state index in [2.05, 4.69) is 21.6 Å². The fraction of sp³-hybridized carbons (Fsp3) is 0.556. The van der Waals surface area contributed by atoms with E-state index in [0.717, 1.165) is 42.9 Å². The van der Waals surface area contributed by atoms with Gasteiger partial charge in [-0.05, 0) is 47.9 Å². The minimum absolute atomic E-state index is 0.0809. The van der Waals surface area contributed by atoms with Crippen molar-refractivity contribution in [3.8, 4) is 11.5 Å². The van der Waals surface area contributed by atoms with Crippen molar-refractivity contribution in [2.75, 3.05) is 25.5 Å². The number of likely N-dealkylation sites (tertiary alicyclic amines) is 1. The van der Waals surface area contributed by atoms with Gasteiger partial charge in [-0.2, -0.15) is 0 Å². The second-order valence-corrected chi connectivity index (χ2v) is 7.51. The molecule has 2 aromatic rings. The molecule has 1 aromatic heterocycles. The maximum atomic E-state index is 12.8. The molecule has 1 unspecified atom stereocenters. The Bertz CT molecular complexity index is 812. The number of carbonyl (C=O) groups is 1. The van der Waals surface area contributed by atoms with Crippen molar-refractivity contribution in [2.24, 2.45) is 0 Å². The molecule has 1 fully saturated rings. The van der Waals surface area contributed by atoms with Crippen LogP contribution in [0.5, 0.6) is 11.5 Å². The van der Waals surface area contributed by atoms with Crippen molar-refractivity contribution < 1.29 is 14.3 Å². The Balaban J connectivity index is 1.45. The van der Waals surface area contributed by atoms with Crippen LogP contribution in [0.3, 0.4) is 0 Å². The Kier molecular flexibility index (Phi) is 5.47. The highest BCUT2D eigenvalue weighted by molar-refractivity contribution is 7.99. The number of aromatic nitrogens is 4. The molecule has 3 heterocycles. The maximum absolute atomic E-state index is 12.8. The number of amides is 1. The van der Waals surface area contributed by atoms with Crippen LogP contribution in [0.2, 0.25) is 0 Å². The lowest BCUT2D eigenvalue weighted by Crippen LogP contribution is -2.32. The first-order valence-electron chi connectivity index (χ1n) is 9.34. The lowest BCUT2D eigenvalue weighted by atomic mass is 10.0. The van der Waals surface area contributed by atoms with Crippen LogP contribution in [0.25, 0.3) is 0 Å². The van der Waals surface area contributed by atoms with Crippen LogP contribution in [0, 0.1) is 0 Å². The number of aryl methyl sites for hydroxylation is 1. The van der Waals surface area contributed by atoms with Crippen LogP contribution in [0.4, 0.5) is 0 Å². The fourth-order valence-corrected chi connectivity index (χ4v) is 4.33. The molecule has 0 aliphatic carbocycles. The number of hydrogen-bond acceptors (Lipinski definition) is 7. The zero-order valence-corrected chi connectivity index (χ0v) is 16.2. The van der Waals surface area contributed by atoms with Gasteiger partial charge in [-0.25, -0.2) is 4.68 Å². The first-order chi connectivity index (χ1) is 13.3. The molecule has 1 saturated heterocycles. The summed E-state index contributed by atoms with van der Waals surface area (Å²) in [5.74, 6) is 2.01. The van der Waals surface area contributed by atoms with E-state index in [-0.39, 0.29) is 11.9 Å². The first-order valence-corrected chi connectivity index (χ1v) is 10.3. The van der Waals surface area contributed by atoms with Gasteiger partial charge < -0.3 is 14.4 Å². The van der Waals surface area contributed by atoms with Gasteiger partial charge in [-0.1, -0.05) is 17.8 Å². The number of fused-ring (bicyclic) bond motifs is 1. The molecule has 1 atom stereocenters. The number of ether oxygens (including phenoxy) is 2. The van der Waals surface area contributed by atoms with Crippen LogP contribution in [0.1, 0.15) is 37.8 Å². The van der Waals surface area contributed by atoms with E-state index in [1.807, 2.05) is 24.0 Å². The summed E-state index contributed by atoms with van der Waals surface area (Å²) >= 11 is 1.39. The molecule has 2 aliphatic heterocycles. The number of thioether (sulfide) groups is 1. The van der Waals surface area contributed by atoms with Gasteiger partial charge in [0.2, 0.25) is 11.1 Å². The van der Waals surface area contributed by atoms with E-state index in [0.29, 0.717) is 30.7 Å². The van der Waals surface area contributed by atoms with E-state index < -0.39 is 0 Å². The van der Waals surface area contributed by atoms with Crippen molar-refractivity contribution in [2.45, 2.75) is 43.9 Å². The molecule has 2 aliphatic rings. The second kappa shape index (κ2) is 8.16. The monoisotopic (exact) mass is 389 g/mol. The molecule has 4 rings (SSSR count). The van der Waals surface area contributed by atoms with Crippen LogP contribution in [-0.4, -0.2) is 56.5 Å². The molecule has 144 valence electrons. The summed E-state index contributed by atoms with van der Waals surface area (Å²) in [4.78, 5) is 14.8. The molecule has 9 heteroatoms. The normalized spacial score (nSPS) is 19.1. The standard InChI is InChI=1S/C18H23N5O3S/c1-2-23-18(19-20-21-23)27-12-17(24)22-8-3-5-14(22)13-6-7-15-16(11-13)26-10-4-9-25-15/h6-7,11,14H,2-5,8-10,12H2,1H3. The highest BCUT2D eigenvalue weighted by Crippen LogP contribution is 2.38. The van der Waals surface area contributed by atoms with Crippen LogP contribution in [0.15, 0.2) is 23.4 Å². The quantitative estimate of drug-likeness (QED) is 0.726. The van der Waals surface area contributed by atoms with Crippen molar-refractivity contribution in [3.63, 3.8) is 0 Å². The molecular formula is C18H23N5O3S. The highest BCUT2D eigenvalue weighted by atomic mass is 32.2. The van der Waals surface area contributed by atoms with Crippen molar-refractivity contribution in [3.05, 3.63) is 23.8 Å². The second-order valence-electron chi connectivity index (χ2n) is 6.57. The van der Waals surface area contributed by atoms with Gasteiger partial charge in [-0.3, -0.25) is 4.79 Å². The van der Waals surface area contributed by atoms with Gasteiger partial charge in [0.05, 0.1) is 25.0 Å². The summed E-state index contributed by atoms with van der Waals surface area (Å²) in [6.07, 6.45) is 2.84. The van der Waals surface area contributed by atoms with Gasteiger partial charge in [0.1, 0.15) is 0 Å². The molecule has 1 aromatic carbocycles. The summed E-state index contributed by atoms with van der Waals surface area (Å²) < 4.78 is 13.2. The van der Waals surface area contributed by atoms with Crippen LogP contribution < -0.4 is 9.47 Å². The maximum Gasteiger partial charge on any atom is 0.233 e. The van der Waals surface area contributed by atoms with Crippen LogP contribution in [-0.2, 0) is 11.3 Å². The van der Waals surface area contributed by atoms with Gasteiger partial charge >= 0.3 is 0 Å². The number of hydrogen-bond donors (Lipinski definition) is 0. The molecule has 0 spiro atoms. The Morgan fingerprint density at radius 1 is 1.26 bits per heavy atom. The van der Waals surface area contributed by atoms with Gasteiger partial charge in [-0.15, -0.1) is 5.10 Å². The number of tetrazole rings is 1. The minimum Gasteiger partial charge on any atom is -0.490 e. The molecule has 0 N–H and O–H groups in total. The molecule has 8 nitrogen and oxygen atoms in total. The molecule has 0 radical (unpaired) electrons. The largest absolute Gasteiger partial charge is 0.490 e. The predicted octanol–water partition coefficient (Wildman–Crippen LogP) is 2.31. The first kappa shape index (κ1) is 18.1. The third-order valence-electron chi connectivity index (χ3n) is 4.85.